The highest BCUT2D eigenvalue weighted by molar-refractivity contribution is 6.18. The first kappa shape index (κ1) is 21.8. The van der Waals surface area contributed by atoms with Crippen LogP contribution in [0.15, 0.2) is 54.6 Å². The normalized spacial score (nSPS) is 12.1. The number of rotatable bonds is 10. The van der Waals surface area contributed by atoms with Gasteiger partial charge in [0.05, 0.1) is 12.7 Å². The molecule has 0 aromatic heterocycles. The molecule has 0 saturated carbocycles. The molecule has 3 rings (SSSR count). The molecule has 0 aliphatic carbocycles. The Bertz CT molecular complexity index is 958. The average Bonchev–Trinajstić information content (AvgIpc) is 2.78. The van der Waals surface area contributed by atoms with Crippen LogP contribution in [0.3, 0.4) is 0 Å². The van der Waals surface area contributed by atoms with Gasteiger partial charge in [-0.3, -0.25) is 4.79 Å². The van der Waals surface area contributed by atoms with Gasteiger partial charge in [0, 0.05) is 0 Å². The van der Waals surface area contributed by atoms with E-state index in [0.29, 0.717) is 12.0 Å². The molecule has 1 amide bonds. The molecule has 0 bridgehead atoms. The van der Waals surface area contributed by atoms with Crippen LogP contribution in [0.1, 0.15) is 62.2 Å². The lowest BCUT2D eigenvalue weighted by Gasteiger charge is -2.18. The number of esters is 1. The van der Waals surface area contributed by atoms with Crippen LogP contribution in [0.5, 0.6) is 0 Å². The van der Waals surface area contributed by atoms with Crippen molar-refractivity contribution in [3.8, 4) is 0 Å². The van der Waals surface area contributed by atoms with Crippen LogP contribution in [-0.4, -0.2) is 25.0 Å². The van der Waals surface area contributed by atoms with Crippen LogP contribution in [-0.2, 0) is 9.53 Å². The molecule has 158 valence electrons. The zero-order chi connectivity index (χ0) is 21.3. The summed E-state index contributed by atoms with van der Waals surface area (Å²) in [6, 6.07) is 17.2. The lowest BCUT2D eigenvalue weighted by atomic mass is 9.96. The first-order valence-corrected chi connectivity index (χ1v) is 10.9. The predicted molar refractivity (Wildman–Crippen MR) is 123 cm³/mol. The minimum Gasteiger partial charge on any atom is -0.467 e. The molecule has 0 unspecified atom stereocenters. The van der Waals surface area contributed by atoms with Crippen molar-refractivity contribution in [2.45, 2.75) is 57.9 Å². The Hall–Kier alpha value is -2.88. The van der Waals surface area contributed by atoms with Gasteiger partial charge in [-0.05, 0) is 34.0 Å². The van der Waals surface area contributed by atoms with E-state index in [4.69, 9.17) is 4.74 Å². The summed E-state index contributed by atoms with van der Waals surface area (Å²) >= 11 is 0. The van der Waals surface area contributed by atoms with Crippen molar-refractivity contribution < 1.29 is 14.3 Å². The van der Waals surface area contributed by atoms with Gasteiger partial charge >= 0.3 is 5.97 Å². The molecule has 0 radical (unpaired) electrons. The quantitative estimate of drug-likeness (QED) is 0.255. The van der Waals surface area contributed by atoms with Crippen LogP contribution in [0.2, 0.25) is 0 Å². The number of unbranched alkanes of at least 4 members (excludes halogenated alkanes) is 5. The summed E-state index contributed by atoms with van der Waals surface area (Å²) in [5.74, 6) is -0.620. The van der Waals surface area contributed by atoms with Crippen molar-refractivity contribution in [2.75, 3.05) is 7.11 Å². The van der Waals surface area contributed by atoms with E-state index in [9.17, 15) is 9.59 Å². The Morgan fingerprint density at radius 1 is 0.867 bits per heavy atom. The van der Waals surface area contributed by atoms with Crippen molar-refractivity contribution >= 4 is 33.4 Å². The molecule has 3 aromatic rings. The van der Waals surface area contributed by atoms with E-state index in [2.05, 4.69) is 18.3 Å². The number of hydrogen-bond acceptors (Lipinski definition) is 3. The summed E-state index contributed by atoms with van der Waals surface area (Å²) in [4.78, 5) is 25.7. The second-order valence-corrected chi connectivity index (χ2v) is 7.80. The monoisotopic (exact) mass is 405 g/mol. The fourth-order valence-electron chi connectivity index (χ4n) is 4.01. The van der Waals surface area contributed by atoms with Crippen molar-refractivity contribution in [3.63, 3.8) is 0 Å². The topological polar surface area (TPSA) is 55.4 Å². The number of ether oxygens (including phenoxy) is 1. The maximum absolute atomic E-state index is 13.4. The molecule has 30 heavy (non-hydrogen) atoms. The molecule has 1 N–H and O–H groups in total. The zero-order valence-corrected chi connectivity index (χ0v) is 17.9. The lowest BCUT2D eigenvalue weighted by molar-refractivity contribution is -0.143. The van der Waals surface area contributed by atoms with Gasteiger partial charge < -0.3 is 10.1 Å². The summed E-state index contributed by atoms with van der Waals surface area (Å²) in [6.07, 6.45) is 7.36. The van der Waals surface area contributed by atoms with Gasteiger partial charge in [0.25, 0.3) is 5.91 Å². The van der Waals surface area contributed by atoms with E-state index in [0.717, 1.165) is 40.8 Å². The molecule has 4 nitrogen and oxygen atoms in total. The standard InChI is InChI=1S/C26H31NO3/c1-3-4-5-6-7-8-17-23(26(29)30-2)27-25(28)24-21-15-11-9-13-19(21)18-20-14-10-12-16-22(20)24/h9-16,18,23H,3-8,17H2,1-2H3,(H,27,28)/t23-/m1/s1. The largest absolute Gasteiger partial charge is 0.467 e. The highest BCUT2D eigenvalue weighted by atomic mass is 16.5. The second kappa shape index (κ2) is 10.8. The van der Waals surface area contributed by atoms with Gasteiger partial charge in [0.2, 0.25) is 0 Å². The SMILES string of the molecule is CCCCCCCC[C@@H](NC(=O)c1c2ccccc2cc2ccccc12)C(=O)OC. The van der Waals surface area contributed by atoms with Crippen molar-refractivity contribution in [3.05, 3.63) is 60.2 Å². The first-order valence-electron chi connectivity index (χ1n) is 10.9. The van der Waals surface area contributed by atoms with E-state index in [1.165, 1.54) is 26.4 Å². The highest BCUT2D eigenvalue weighted by Crippen LogP contribution is 2.28. The van der Waals surface area contributed by atoms with Gasteiger partial charge in [-0.1, -0.05) is 94.0 Å². The van der Waals surface area contributed by atoms with E-state index >= 15 is 0 Å². The Morgan fingerprint density at radius 2 is 1.43 bits per heavy atom. The van der Waals surface area contributed by atoms with Crippen molar-refractivity contribution in [2.24, 2.45) is 0 Å². The van der Waals surface area contributed by atoms with E-state index < -0.39 is 6.04 Å². The molecule has 4 heteroatoms. The fraction of sp³-hybridized carbons (Fsp3) is 0.385. The van der Waals surface area contributed by atoms with E-state index in [1.54, 1.807) is 0 Å². The number of methoxy groups -OCH3 is 1. The van der Waals surface area contributed by atoms with Crippen LogP contribution >= 0.6 is 0 Å². The fourth-order valence-corrected chi connectivity index (χ4v) is 4.01. The van der Waals surface area contributed by atoms with Gasteiger partial charge in [-0.2, -0.15) is 0 Å². The number of benzene rings is 3. The molecule has 1 atom stereocenters. The summed E-state index contributed by atoms with van der Waals surface area (Å²) < 4.78 is 4.97. The molecule has 0 aliphatic heterocycles. The summed E-state index contributed by atoms with van der Waals surface area (Å²) in [5.41, 5.74) is 0.612. The van der Waals surface area contributed by atoms with Crippen molar-refractivity contribution in [1.29, 1.82) is 0 Å². The molecule has 0 heterocycles. The third kappa shape index (κ3) is 5.18. The van der Waals surface area contributed by atoms with Gasteiger partial charge in [0.15, 0.2) is 0 Å². The van der Waals surface area contributed by atoms with Crippen LogP contribution in [0.4, 0.5) is 0 Å². The van der Waals surface area contributed by atoms with E-state index in [1.807, 2.05) is 48.5 Å². The summed E-state index contributed by atoms with van der Waals surface area (Å²) in [5, 5.41) is 6.74. The first-order chi connectivity index (χ1) is 14.7. The Morgan fingerprint density at radius 3 is 2.03 bits per heavy atom. The number of hydrogen-bond donors (Lipinski definition) is 1. The van der Waals surface area contributed by atoms with Crippen LogP contribution in [0, 0.1) is 0 Å². The van der Waals surface area contributed by atoms with Crippen LogP contribution < -0.4 is 5.32 Å². The highest BCUT2D eigenvalue weighted by Gasteiger charge is 2.24. The maximum atomic E-state index is 13.4. The molecule has 3 aromatic carbocycles. The smallest absolute Gasteiger partial charge is 0.328 e. The van der Waals surface area contributed by atoms with Crippen LogP contribution in [0.25, 0.3) is 21.5 Å². The summed E-state index contributed by atoms with van der Waals surface area (Å²) in [6.45, 7) is 2.19. The van der Waals surface area contributed by atoms with Gasteiger partial charge in [0.1, 0.15) is 6.04 Å². The molecule has 0 saturated heterocycles. The number of carbonyl (C=O) groups is 2. The number of nitrogens with one attached hydrogen (secondary N) is 1. The molecular weight excluding hydrogens is 374 g/mol. The molecule has 0 fully saturated rings. The average molecular weight is 406 g/mol. The number of amides is 1. The van der Waals surface area contributed by atoms with Crippen molar-refractivity contribution in [1.82, 2.24) is 5.32 Å². The minimum atomic E-state index is -0.633. The maximum Gasteiger partial charge on any atom is 0.328 e. The number of carbonyl (C=O) groups excluding carboxylic acids is 2. The third-order valence-corrected chi connectivity index (χ3v) is 5.64. The number of fused-ring (bicyclic) bond motifs is 2. The Balaban J connectivity index is 1.82. The zero-order valence-electron chi connectivity index (χ0n) is 17.9. The molecule has 0 aliphatic rings. The Kier molecular flexibility index (Phi) is 7.83. The van der Waals surface area contributed by atoms with E-state index in [-0.39, 0.29) is 11.9 Å². The van der Waals surface area contributed by atoms with Gasteiger partial charge in [-0.15, -0.1) is 0 Å². The lowest BCUT2D eigenvalue weighted by Crippen LogP contribution is -2.41. The second-order valence-electron chi connectivity index (χ2n) is 7.80. The molecular formula is C26H31NO3. The Labute approximate surface area is 178 Å². The molecule has 0 spiro atoms. The summed E-state index contributed by atoms with van der Waals surface area (Å²) in [7, 11) is 1.37. The predicted octanol–water partition coefficient (Wildman–Crippen LogP) is 6.02. The minimum absolute atomic E-state index is 0.232. The van der Waals surface area contributed by atoms with Gasteiger partial charge in [-0.25, -0.2) is 4.79 Å². The third-order valence-electron chi connectivity index (χ3n) is 5.64.